The molecule has 1 aliphatic rings. The van der Waals surface area contributed by atoms with Gasteiger partial charge in [0.15, 0.2) is 0 Å². The molecule has 0 radical (unpaired) electrons. The van der Waals surface area contributed by atoms with Crippen LogP contribution in [0.1, 0.15) is 44.5 Å². The minimum absolute atomic E-state index is 0.284. The molecule has 0 spiro atoms. The molecule has 0 aromatic heterocycles. The molecule has 1 aromatic carbocycles. The fourth-order valence-electron chi connectivity index (χ4n) is 2.89. The SMILES string of the molecule is CCOC(=O)c1cc(N)ccc1N1CCC(C(C)(C)C)C1. The van der Waals surface area contributed by atoms with Crippen molar-refractivity contribution in [2.75, 3.05) is 30.3 Å². The number of hydrogen-bond acceptors (Lipinski definition) is 4. The molecular formula is C17H26N2O2. The molecule has 1 saturated heterocycles. The number of anilines is 2. The monoisotopic (exact) mass is 290 g/mol. The van der Waals surface area contributed by atoms with E-state index in [0.717, 1.165) is 25.2 Å². The molecule has 2 N–H and O–H groups in total. The van der Waals surface area contributed by atoms with Crippen LogP contribution in [-0.2, 0) is 4.74 Å². The Morgan fingerprint density at radius 3 is 2.71 bits per heavy atom. The van der Waals surface area contributed by atoms with Crippen LogP contribution < -0.4 is 10.6 Å². The standard InChI is InChI=1S/C17H26N2O2/c1-5-21-16(20)14-10-13(18)6-7-15(14)19-9-8-12(11-19)17(2,3)4/h6-7,10,12H,5,8-9,11,18H2,1-4H3. The highest BCUT2D eigenvalue weighted by atomic mass is 16.5. The first-order valence-electron chi connectivity index (χ1n) is 7.64. The molecule has 1 aromatic rings. The second kappa shape index (κ2) is 5.96. The number of rotatable bonds is 3. The van der Waals surface area contributed by atoms with Gasteiger partial charge < -0.3 is 15.4 Å². The average molecular weight is 290 g/mol. The highest BCUT2D eigenvalue weighted by Gasteiger charge is 2.33. The number of benzene rings is 1. The van der Waals surface area contributed by atoms with Crippen LogP contribution in [0.2, 0.25) is 0 Å². The van der Waals surface area contributed by atoms with E-state index in [9.17, 15) is 4.79 Å². The van der Waals surface area contributed by atoms with Crippen molar-refractivity contribution in [1.29, 1.82) is 0 Å². The van der Waals surface area contributed by atoms with Gasteiger partial charge in [0, 0.05) is 18.8 Å². The van der Waals surface area contributed by atoms with E-state index in [0.29, 0.717) is 23.8 Å². The molecule has 116 valence electrons. The van der Waals surface area contributed by atoms with Gasteiger partial charge in [-0.25, -0.2) is 4.79 Å². The Labute approximate surface area is 127 Å². The topological polar surface area (TPSA) is 55.6 Å². The number of nitrogens with zero attached hydrogens (tertiary/aromatic N) is 1. The molecule has 21 heavy (non-hydrogen) atoms. The lowest BCUT2D eigenvalue weighted by atomic mass is 9.80. The highest BCUT2D eigenvalue weighted by Crippen LogP contribution is 2.37. The van der Waals surface area contributed by atoms with Crippen molar-refractivity contribution in [1.82, 2.24) is 0 Å². The molecule has 1 aliphatic heterocycles. The van der Waals surface area contributed by atoms with E-state index in [2.05, 4.69) is 25.7 Å². The van der Waals surface area contributed by atoms with Gasteiger partial charge in [0.1, 0.15) is 0 Å². The minimum Gasteiger partial charge on any atom is -0.462 e. The second-order valence-corrected chi connectivity index (χ2v) is 6.79. The van der Waals surface area contributed by atoms with Gasteiger partial charge in [-0.05, 0) is 42.9 Å². The summed E-state index contributed by atoms with van der Waals surface area (Å²) in [6, 6.07) is 5.51. The third kappa shape index (κ3) is 3.49. The smallest absolute Gasteiger partial charge is 0.340 e. The summed E-state index contributed by atoms with van der Waals surface area (Å²) < 4.78 is 5.16. The van der Waals surface area contributed by atoms with Gasteiger partial charge >= 0.3 is 5.97 Å². The minimum atomic E-state index is -0.293. The predicted molar refractivity (Wildman–Crippen MR) is 86.6 cm³/mol. The highest BCUT2D eigenvalue weighted by molar-refractivity contribution is 5.97. The van der Waals surface area contributed by atoms with E-state index < -0.39 is 0 Å². The third-order valence-corrected chi connectivity index (χ3v) is 4.27. The number of nitrogen functional groups attached to an aromatic ring is 1. The first kappa shape index (κ1) is 15.7. The second-order valence-electron chi connectivity index (χ2n) is 6.79. The summed E-state index contributed by atoms with van der Waals surface area (Å²) >= 11 is 0. The van der Waals surface area contributed by atoms with Crippen molar-refractivity contribution < 1.29 is 9.53 Å². The average Bonchev–Trinajstić information content (AvgIpc) is 2.88. The summed E-state index contributed by atoms with van der Waals surface area (Å²) in [5, 5.41) is 0. The quantitative estimate of drug-likeness (QED) is 0.685. The number of ether oxygens (including phenoxy) is 1. The van der Waals surface area contributed by atoms with E-state index in [1.807, 2.05) is 19.1 Å². The molecule has 1 fully saturated rings. The number of hydrogen-bond donors (Lipinski definition) is 1. The van der Waals surface area contributed by atoms with Crippen molar-refractivity contribution >= 4 is 17.3 Å². The lowest BCUT2D eigenvalue weighted by Crippen LogP contribution is -2.27. The Bertz CT molecular complexity index is 520. The summed E-state index contributed by atoms with van der Waals surface area (Å²) in [7, 11) is 0. The van der Waals surface area contributed by atoms with Crippen molar-refractivity contribution in [3.63, 3.8) is 0 Å². The van der Waals surface area contributed by atoms with Gasteiger partial charge in [0.05, 0.1) is 17.9 Å². The summed E-state index contributed by atoms with van der Waals surface area (Å²) in [5.74, 6) is 0.337. The zero-order chi connectivity index (χ0) is 15.6. The number of carbonyl (C=O) groups is 1. The maximum Gasteiger partial charge on any atom is 0.340 e. The van der Waals surface area contributed by atoms with Crippen LogP contribution in [0.5, 0.6) is 0 Å². The molecule has 0 saturated carbocycles. The molecule has 4 nitrogen and oxygen atoms in total. The van der Waals surface area contributed by atoms with E-state index >= 15 is 0 Å². The zero-order valence-electron chi connectivity index (χ0n) is 13.5. The molecular weight excluding hydrogens is 264 g/mol. The van der Waals surface area contributed by atoms with Gasteiger partial charge in [0.2, 0.25) is 0 Å². The molecule has 1 atom stereocenters. The van der Waals surface area contributed by atoms with Crippen LogP contribution in [0.3, 0.4) is 0 Å². The molecule has 0 aliphatic carbocycles. The van der Waals surface area contributed by atoms with Gasteiger partial charge in [-0.2, -0.15) is 0 Å². The Hall–Kier alpha value is -1.71. The van der Waals surface area contributed by atoms with Gasteiger partial charge in [-0.15, -0.1) is 0 Å². The molecule has 1 unspecified atom stereocenters. The van der Waals surface area contributed by atoms with Crippen LogP contribution in [0.4, 0.5) is 11.4 Å². The third-order valence-electron chi connectivity index (χ3n) is 4.27. The maximum absolute atomic E-state index is 12.1. The Morgan fingerprint density at radius 1 is 1.43 bits per heavy atom. The first-order valence-corrected chi connectivity index (χ1v) is 7.64. The van der Waals surface area contributed by atoms with Gasteiger partial charge in [0.25, 0.3) is 0 Å². The molecule has 1 heterocycles. The summed E-state index contributed by atoms with van der Waals surface area (Å²) in [4.78, 5) is 14.4. The van der Waals surface area contributed by atoms with Crippen LogP contribution in [-0.4, -0.2) is 25.7 Å². The molecule has 0 amide bonds. The Morgan fingerprint density at radius 2 is 2.14 bits per heavy atom. The van der Waals surface area contributed by atoms with Gasteiger partial charge in [-0.1, -0.05) is 20.8 Å². The van der Waals surface area contributed by atoms with Crippen molar-refractivity contribution in [3.8, 4) is 0 Å². The molecule has 4 heteroatoms. The number of nitrogens with two attached hydrogens (primary N) is 1. The van der Waals surface area contributed by atoms with E-state index in [4.69, 9.17) is 10.5 Å². The Kier molecular flexibility index (Phi) is 4.45. The summed E-state index contributed by atoms with van der Waals surface area (Å²) in [5.41, 5.74) is 8.22. The van der Waals surface area contributed by atoms with Crippen LogP contribution in [0.15, 0.2) is 18.2 Å². The first-order chi connectivity index (χ1) is 9.82. The van der Waals surface area contributed by atoms with E-state index in [1.54, 1.807) is 6.07 Å². The lowest BCUT2D eigenvalue weighted by molar-refractivity contribution is 0.0527. The maximum atomic E-state index is 12.1. The van der Waals surface area contributed by atoms with E-state index in [1.165, 1.54) is 0 Å². The van der Waals surface area contributed by atoms with Crippen molar-refractivity contribution in [2.45, 2.75) is 34.1 Å². The Balaban J connectivity index is 2.26. The van der Waals surface area contributed by atoms with Gasteiger partial charge in [-0.3, -0.25) is 0 Å². The number of esters is 1. The fourth-order valence-corrected chi connectivity index (χ4v) is 2.89. The predicted octanol–water partition coefficient (Wildman–Crippen LogP) is 3.32. The van der Waals surface area contributed by atoms with Crippen LogP contribution in [0, 0.1) is 11.3 Å². The number of carbonyl (C=O) groups excluding carboxylic acids is 1. The van der Waals surface area contributed by atoms with Crippen LogP contribution >= 0.6 is 0 Å². The summed E-state index contributed by atoms with van der Waals surface area (Å²) in [6.45, 7) is 11.0. The normalized spacial score (nSPS) is 18.9. The molecule has 2 rings (SSSR count). The molecule has 0 bridgehead atoms. The fraction of sp³-hybridized carbons (Fsp3) is 0.588. The van der Waals surface area contributed by atoms with Crippen molar-refractivity contribution in [3.05, 3.63) is 23.8 Å². The van der Waals surface area contributed by atoms with Crippen molar-refractivity contribution in [2.24, 2.45) is 11.3 Å². The lowest BCUT2D eigenvalue weighted by Gasteiger charge is -2.28. The summed E-state index contributed by atoms with van der Waals surface area (Å²) in [6.07, 6.45) is 1.15. The zero-order valence-corrected chi connectivity index (χ0v) is 13.5. The van der Waals surface area contributed by atoms with Crippen LogP contribution in [0.25, 0.3) is 0 Å². The van der Waals surface area contributed by atoms with E-state index in [-0.39, 0.29) is 11.4 Å². The largest absolute Gasteiger partial charge is 0.462 e.